The van der Waals surface area contributed by atoms with Gasteiger partial charge in [0.2, 0.25) is 0 Å². The monoisotopic (exact) mass is 245 g/mol. The van der Waals surface area contributed by atoms with E-state index in [1.807, 2.05) is 7.05 Å². The molecule has 0 saturated carbocycles. The Morgan fingerprint density at radius 1 is 1.54 bits per heavy atom. The van der Waals surface area contributed by atoms with Crippen LogP contribution < -0.4 is 5.73 Å². The second kappa shape index (κ2) is 4.24. The van der Waals surface area contributed by atoms with E-state index in [0.29, 0.717) is 12.5 Å². The van der Waals surface area contributed by atoms with Gasteiger partial charge in [-0.25, -0.2) is 4.98 Å². The average Bonchev–Trinajstić information content (AvgIpc) is 2.32. The smallest absolute Gasteiger partial charge is 0.109 e. The summed E-state index contributed by atoms with van der Waals surface area (Å²) in [6.45, 7) is 4.86. The molecule has 0 atom stereocenters. The third-order valence-electron chi connectivity index (χ3n) is 1.97. The van der Waals surface area contributed by atoms with E-state index in [1.54, 1.807) is 0 Å². The first-order valence-corrected chi connectivity index (χ1v) is 5.25. The zero-order valence-electron chi connectivity index (χ0n) is 8.34. The van der Waals surface area contributed by atoms with Crippen molar-refractivity contribution in [2.75, 3.05) is 0 Å². The van der Waals surface area contributed by atoms with Crippen molar-refractivity contribution in [3.8, 4) is 0 Å². The molecule has 1 heterocycles. The molecule has 0 fully saturated rings. The Kier molecular flexibility index (Phi) is 3.50. The summed E-state index contributed by atoms with van der Waals surface area (Å²) in [6.07, 6.45) is 0.995. The molecule has 4 heteroatoms. The summed E-state index contributed by atoms with van der Waals surface area (Å²) in [7, 11) is 2.01. The molecule has 13 heavy (non-hydrogen) atoms. The van der Waals surface area contributed by atoms with Crippen molar-refractivity contribution in [3.05, 3.63) is 16.1 Å². The van der Waals surface area contributed by atoms with E-state index in [2.05, 4.69) is 39.3 Å². The third-order valence-corrected chi connectivity index (χ3v) is 2.96. The highest BCUT2D eigenvalue weighted by molar-refractivity contribution is 9.10. The summed E-state index contributed by atoms with van der Waals surface area (Å²) >= 11 is 3.47. The zero-order chi connectivity index (χ0) is 10.0. The van der Waals surface area contributed by atoms with Gasteiger partial charge >= 0.3 is 0 Å². The molecule has 0 radical (unpaired) electrons. The zero-order valence-corrected chi connectivity index (χ0v) is 9.93. The molecule has 1 aromatic rings. The minimum absolute atomic E-state index is 0.493. The lowest BCUT2D eigenvalue weighted by atomic mass is 10.1. The second-order valence-corrected chi connectivity index (χ2v) is 4.38. The van der Waals surface area contributed by atoms with Gasteiger partial charge in [-0.15, -0.1) is 0 Å². The third kappa shape index (κ3) is 2.31. The molecule has 0 amide bonds. The van der Waals surface area contributed by atoms with Gasteiger partial charge in [0, 0.05) is 20.0 Å². The van der Waals surface area contributed by atoms with Crippen molar-refractivity contribution in [1.29, 1.82) is 0 Å². The summed E-state index contributed by atoms with van der Waals surface area (Å²) in [5, 5.41) is 0. The number of halogens is 1. The number of nitrogens with two attached hydrogens (primary N) is 1. The molecule has 0 spiro atoms. The standard InChI is InChI=1S/C9H16BrN3/c1-6(2)4-8-12-7(5-11)9(10)13(8)3/h6H,4-5,11H2,1-3H3. The maximum atomic E-state index is 5.56. The molecular weight excluding hydrogens is 230 g/mol. The number of nitrogens with zero attached hydrogens (tertiary/aromatic N) is 2. The Balaban J connectivity index is 2.95. The number of imidazole rings is 1. The van der Waals surface area contributed by atoms with Crippen LogP contribution in [0.25, 0.3) is 0 Å². The van der Waals surface area contributed by atoms with E-state index in [1.165, 1.54) is 0 Å². The molecule has 2 N–H and O–H groups in total. The van der Waals surface area contributed by atoms with Crippen LogP contribution in [-0.4, -0.2) is 9.55 Å². The minimum atomic E-state index is 0.493. The van der Waals surface area contributed by atoms with Gasteiger partial charge in [0.25, 0.3) is 0 Å². The van der Waals surface area contributed by atoms with Gasteiger partial charge < -0.3 is 10.3 Å². The molecule has 0 bridgehead atoms. The molecule has 0 saturated heterocycles. The predicted molar refractivity (Wildman–Crippen MR) is 57.3 cm³/mol. The van der Waals surface area contributed by atoms with Crippen LogP contribution in [0.2, 0.25) is 0 Å². The second-order valence-electron chi connectivity index (χ2n) is 3.63. The number of hydrogen-bond acceptors (Lipinski definition) is 2. The predicted octanol–water partition coefficient (Wildman–Crippen LogP) is 1.84. The van der Waals surface area contributed by atoms with Gasteiger partial charge in [0.15, 0.2) is 0 Å². The average molecular weight is 246 g/mol. The Morgan fingerprint density at radius 3 is 2.54 bits per heavy atom. The molecule has 0 unspecified atom stereocenters. The minimum Gasteiger partial charge on any atom is -0.326 e. The van der Waals surface area contributed by atoms with Crippen molar-refractivity contribution in [3.63, 3.8) is 0 Å². The van der Waals surface area contributed by atoms with Crippen molar-refractivity contribution >= 4 is 15.9 Å². The van der Waals surface area contributed by atoms with Crippen LogP contribution in [0, 0.1) is 5.92 Å². The number of hydrogen-bond donors (Lipinski definition) is 1. The molecule has 74 valence electrons. The number of rotatable bonds is 3. The van der Waals surface area contributed by atoms with Crippen molar-refractivity contribution < 1.29 is 0 Å². The van der Waals surface area contributed by atoms with Crippen LogP contribution in [0.3, 0.4) is 0 Å². The van der Waals surface area contributed by atoms with Crippen molar-refractivity contribution in [2.24, 2.45) is 18.7 Å². The summed E-state index contributed by atoms with van der Waals surface area (Å²) in [6, 6.07) is 0. The first-order chi connectivity index (χ1) is 6.06. The van der Waals surface area contributed by atoms with Crippen LogP contribution in [0.15, 0.2) is 4.60 Å². The van der Waals surface area contributed by atoms with E-state index in [4.69, 9.17) is 5.73 Å². The van der Waals surface area contributed by atoms with Crippen LogP contribution in [-0.2, 0) is 20.0 Å². The van der Waals surface area contributed by atoms with Gasteiger partial charge in [0.1, 0.15) is 10.4 Å². The largest absolute Gasteiger partial charge is 0.326 e. The molecule has 0 aliphatic rings. The van der Waals surface area contributed by atoms with Crippen LogP contribution in [0.1, 0.15) is 25.4 Å². The van der Waals surface area contributed by atoms with E-state index in [9.17, 15) is 0 Å². The van der Waals surface area contributed by atoms with Crippen molar-refractivity contribution in [2.45, 2.75) is 26.8 Å². The van der Waals surface area contributed by atoms with Crippen LogP contribution >= 0.6 is 15.9 Å². The molecule has 1 aromatic heterocycles. The van der Waals surface area contributed by atoms with E-state index >= 15 is 0 Å². The highest BCUT2D eigenvalue weighted by Crippen LogP contribution is 2.18. The summed E-state index contributed by atoms with van der Waals surface area (Å²) in [5.74, 6) is 1.72. The van der Waals surface area contributed by atoms with Crippen LogP contribution in [0.4, 0.5) is 0 Å². The maximum absolute atomic E-state index is 5.56. The van der Waals surface area contributed by atoms with Gasteiger partial charge in [0.05, 0.1) is 5.69 Å². The Bertz CT molecular complexity index is 291. The summed E-state index contributed by atoms with van der Waals surface area (Å²) in [5.41, 5.74) is 6.50. The van der Waals surface area contributed by atoms with Gasteiger partial charge in [-0.1, -0.05) is 13.8 Å². The lowest BCUT2D eigenvalue weighted by molar-refractivity contribution is 0.600. The molecular formula is C9H16BrN3. The number of aromatic nitrogens is 2. The van der Waals surface area contributed by atoms with E-state index < -0.39 is 0 Å². The van der Waals surface area contributed by atoms with E-state index in [-0.39, 0.29) is 0 Å². The fraction of sp³-hybridized carbons (Fsp3) is 0.667. The topological polar surface area (TPSA) is 43.8 Å². The summed E-state index contributed by atoms with van der Waals surface area (Å²) in [4.78, 5) is 4.46. The molecule has 0 aliphatic heterocycles. The summed E-state index contributed by atoms with van der Waals surface area (Å²) < 4.78 is 3.06. The van der Waals surface area contributed by atoms with Gasteiger partial charge in [-0.2, -0.15) is 0 Å². The fourth-order valence-corrected chi connectivity index (χ4v) is 1.72. The Hall–Kier alpha value is -0.350. The highest BCUT2D eigenvalue weighted by Gasteiger charge is 2.11. The molecule has 1 rings (SSSR count). The Morgan fingerprint density at radius 2 is 2.15 bits per heavy atom. The lowest BCUT2D eigenvalue weighted by Gasteiger charge is -2.04. The quantitative estimate of drug-likeness (QED) is 0.884. The molecule has 3 nitrogen and oxygen atoms in total. The Labute approximate surface area is 87.5 Å². The van der Waals surface area contributed by atoms with Gasteiger partial charge in [-0.3, -0.25) is 0 Å². The highest BCUT2D eigenvalue weighted by atomic mass is 79.9. The first kappa shape index (κ1) is 10.7. The van der Waals surface area contributed by atoms with Crippen LogP contribution in [0.5, 0.6) is 0 Å². The molecule has 0 aromatic carbocycles. The maximum Gasteiger partial charge on any atom is 0.109 e. The normalized spacial score (nSPS) is 11.2. The fourth-order valence-electron chi connectivity index (χ4n) is 1.26. The first-order valence-electron chi connectivity index (χ1n) is 4.46. The van der Waals surface area contributed by atoms with Crippen molar-refractivity contribution in [1.82, 2.24) is 9.55 Å². The van der Waals surface area contributed by atoms with Gasteiger partial charge in [-0.05, 0) is 21.8 Å². The SMILES string of the molecule is CC(C)Cc1nc(CN)c(Br)n1C. The molecule has 0 aliphatic carbocycles. The lowest BCUT2D eigenvalue weighted by Crippen LogP contribution is -2.02. The van der Waals surface area contributed by atoms with E-state index in [0.717, 1.165) is 22.5 Å².